The van der Waals surface area contributed by atoms with Gasteiger partial charge in [0.05, 0.1) is 39.7 Å². The molecule has 2 amide bonds. The van der Waals surface area contributed by atoms with Gasteiger partial charge in [-0.25, -0.2) is 19.7 Å². The van der Waals surface area contributed by atoms with Crippen molar-refractivity contribution in [3.05, 3.63) is 60.1 Å². The highest BCUT2D eigenvalue weighted by Gasteiger charge is 2.30. The fourth-order valence-electron chi connectivity index (χ4n) is 3.08. The van der Waals surface area contributed by atoms with Gasteiger partial charge in [0.15, 0.2) is 12.0 Å². The molecule has 4 heterocycles. The lowest BCUT2D eigenvalue weighted by Gasteiger charge is -2.28. The van der Waals surface area contributed by atoms with Crippen molar-refractivity contribution in [2.24, 2.45) is 0 Å². The first-order valence-electron chi connectivity index (χ1n) is 8.25. The normalized spacial score (nSPS) is 12.7. The van der Waals surface area contributed by atoms with Crippen molar-refractivity contribution in [1.82, 2.24) is 15.0 Å². The monoisotopic (exact) mass is 389 g/mol. The van der Waals surface area contributed by atoms with Gasteiger partial charge in [0.1, 0.15) is 16.9 Å². The van der Waals surface area contributed by atoms with Gasteiger partial charge < -0.3 is 10.1 Å². The Bertz CT molecular complexity index is 1210. The Kier molecular flexibility index (Phi) is 3.73. The second-order valence-electron chi connectivity index (χ2n) is 5.91. The van der Waals surface area contributed by atoms with Gasteiger partial charge in [-0.3, -0.25) is 9.69 Å². The smallest absolute Gasteiger partial charge is 0.331 e. The van der Waals surface area contributed by atoms with Crippen LogP contribution in [0.4, 0.5) is 21.9 Å². The predicted octanol–water partition coefficient (Wildman–Crippen LogP) is 4.37. The fraction of sp³-hybridized carbons (Fsp3) is 0. The molecule has 0 atom stereocenters. The average Bonchev–Trinajstić information content (AvgIpc) is 3.09. The summed E-state index contributed by atoms with van der Waals surface area (Å²) < 4.78 is 5.69. The topological polar surface area (TPSA) is 97.3 Å². The standard InChI is InChI=1S/C19H11N5O3S/c25-9-15-17-16-14(5-6-22-18(16)28-15)24(19(26)23-17)11-1-3-12(4-2-11)27-13-7-20-10-21-8-13/h1-10H,(H,23,26). The summed E-state index contributed by atoms with van der Waals surface area (Å²) in [6.07, 6.45) is 6.92. The molecule has 0 saturated carbocycles. The summed E-state index contributed by atoms with van der Waals surface area (Å²) in [5.41, 5.74) is 1.85. The molecule has 1 aromatic carbocycles. The van der Waals surface area contributed by atoms with E-state index in [9.17, 15) is 9.59 Å². The van der Waals surface area contributed by atoms with E-state index in [0.29, 0.717) is 38.3 Å². The van der Waals surface area contributed by atoms with Crippen LogP contribution in [0.25, 0.3) is 10.2 Å². The van der Waals surface area contributed by atoms with Gasteiger partial charge >= 0.3 is 6.03 Å². The van der Waals surface area contributed by atoms with Crippen LogP contribution in [0.3, 0.4) is 0 Å². The van der Waals surface area contributed by atoms with Crippen LogP contribution in [0, 0.1) is 0 Å². The Morgan fingerprint density at radius 2 is 1.86 bits per heavy atom. The first-order chi connectivity index (χ1) is 13.7. The van der Waals surface area contributed by atoms with Gasteiger partial charge in [0.25, 0.3) is 0 Å². The van der Waals surface area contributed by atoms with E-state index in [1.807, 2.05) is 0 Å². The highest BCUT2D eigenvalue weighted by Crippen LogP contribution is 2.45. The van der Waals surface area contributed by atoms with E-state index in [0.717, 1.165) is 11.7 Å². The van der Waals surface area contributed by atoms with E-state index in [4.69, 9.17) is 4.74 Å². The first-order valence-corrected chi connectivity index (χ1v) is 9.07. The Morgan fingerprint density at radius 3 is 2.61 bits per heavy atom. The molecule has 9 heteroatoms. The van der Waals surface area contributed by atoms with Crippen LogP contribution in [0.15, 0.2) is 55.2 Å². The number of hydrogen-bond donors (Lipinski definition) is 1. The Labute approximate surface area is 162 Å². The number of nitrogens with one attached hydrogen (secondary N) is 1. The Hall–Kier alpha value is -3.85. The lowest BCUT2D eigenvalue weighted by Crippen LogP contribution is -2.33. The van der Waals surface area contributed by atoms with E-state index in [-0.39, 0.29) is 6.03 Å². The number of pyridine rings is 1. The van der Waals surface area contributed by atoms with Gasteiger partial charge in [0.2, 0.25) is 0 Å². The first kappa shape index (κ1) is 16.3. The molecule has 0 spiro atoms. The third-order valence-corrected chi connectivity index (χ3v) is 5.27. The maximum Gasteiger partial charge on any atom is 0.331 e. The number of thiophene rings is 1. The summed E-state index contributed by atoms with van der Waals surface area (Å²) in [5, 5.41) is 3.57. The number of carbonyl (C=O) groups excluding carboxylic acids is 2. The van der Waals surface area contributed by atoms with E-state index in [1.54, 1.807) is 53.8 Å². The molecular formula is C19H11N5O3S. The summed E-state index contributed by atoms with van der Waals surface area (Å²) in [7, 11) is 0. The van der Waals surface area contributed by atoms with Crippen LogP contribution >= 0.6 is 11.3 Å². The van der Waals surface area contributed by atoms with E-state index < -0.39 is 0 Å². The number of nitrogens with zero attached hydrogens (tertiary/aromatic N) is 4. The number of hydrogen-bond acceptors (Lipinski definition) is 7. The fourth-order valence-corrected chi connectivity index (χ4v) is 4.02. The molecule has 8 nitrogen and oxygen atoms in total. The SMILES string of the molecule is O=Cc1sc2nccc3c2c1NC(=O)N3c1ccc(Oc2cncnc2)cc1. The van der Waals surface area contributed by atoms with Crippen molar-refractivity contribution >= 4 is 50.9 Å². The molecule has 28 heavy (non-hydrogen) atoms. The van der Waals surface area contributed by atoms with Crippen LogP contribution in [0.2, 0.25) is 0 Å². The zero-order valence-electron chi connectivity index (χ0n) is 14.2. The highest BCUT2D eigenvalue weighted by molar-refractivity contribution is 7.21. The number of benzene rings is 1. The largest absolute Gasteiger partial charge is 0.454 e. The molecule has 0 radical (unpaired) electrons. The van der Waals surface area contributed by atoms with Gasteiger partial charge in [-0.05, 0) is 30.3 Å². The maximum atomic E-state index is 12.8. The molecule has 1 N–H and O–H groups in total. The molecular weight excluding hydrogens is 378 g/mol. The minimum absolute atomic E-state index is 0.341. The average molecular weight is 389 g/mol. The minimum Gasteiger partial charge on any atom is -0.454 e. The molecule has 0 fully saturated rings. The number of amides is 2. The lowest BCUT2D eigenvalue weighted by molar-refractivity contribution is 0.112. The summed E-state index contributed by atoms with van der Waals surface area (Å²) in [5.74, 6) is 1.11. The number of aldehydes is 1. The predicted molar refractivity (Wildman–Crippen MR) is 105 cm³/mol. The van der Waals surface area contributed by atoms with Crippen LogP contribution in [0.5, 0.6) is 11.5 Å². The highest BCUT2D eigenvalue weighted by atomic mass is 32.1. The van der Waals surface area contributed by atoms with Gasteiger partial charge in [-0.1, -0.05) is 0 Å². The molecule has 0 unspecified atom stereocenters. The molecule has 3 aromatic heterocycles. The lowest BCUT2D eigenvalue weighted by atomic mass is 10.1. The number of ether oxygens (including phenoxy) is 1. The van der Waals surface area contributed by atoms with Crippen molar-refractivity contribution in [2.45, 2.75) is 0 Å². The summed E-state index contributed by atoms with van der Waals surface area (Å²) in [6.45, 7) is 0. The number of rotatable bonds is 4. The van der Waals surface area contributed by atoms with Crippen molar-refractivity contribution in [1.29, 1.82) is 0 Å². The molecule has 136 valence electrons. The summed E-state index contributed by atoms with van der Waals surface area (Å²) in [6, 6.07) is 8.50. The summed E-state index contributed by atoms with van der Waals surface area (Å²) >= 11 is 1.25. The number of anilines is 3. The van der Waals surface area contributed by atoms with Crippen LogP contribution in [-0.2, 0) is 0 Å². The Morgan fingerprint density at radius 1 is 1.07 bits per heavy atom. The zero-order chi connectivity index (χ0) is 19.1. The van der Waals surface area contributed by atoms with Gasteiger partial charge in [-0.15, -0.1) is 11.3 Å². The van der Waals surface area contributed by atoms with Crippen LogP contribution < -0.4 is 15.0 Å². The molecule has 4 aromatic rings. The third-order valence-electron chi connectivity index (χ3n) is 4.25. The quantitative estimate of drug-likeness (QED) is 0.521. The van der Waals surface area contributed by atoms with Crippen molar-refractivity contribution in [2.75, 3.05) is 10.2 Å². The van der Waals surface area contributed by atoms with E-state index in [2.05, 4.69) is 20.3 Å². The van der Waals surface area contributed by atoms with Crippen molar-refractivity contribution in [3.8, 4) is 11.5 Å². The molecule has 1 aliphatic rings. The second-order valence-corrected chi connectivity index (χ2v) is 6.94. The molecule has 0 bridgehead atoms. The number of aromatic nitrogens is 3. The minimum atomic E-state index is -0.341. The molecule has 0 saturated heterocycles. The van der Waals surface area contributed by atoms with E-state index in [1.165, 1.54) is 17.7 Å². The van der Waals surface area contributed by atoms with E-state index >= 15 is 0 Å². The number of urea groups is 1. The van der Waals surface area contributed by atoms with Gasteiger partial charge in [0, 0.05) is 6.20 Å². The zero-order valence-corrected chi connectivity index (χ0v) is 15.0. The van der Waals surface area contributed by atoms with Crippen LogP contribution in [0.1, 0.15) is 9.67 Å². The Balaban J connectivity index is 1.54. The van der Waals surface area contributed by atoms with Crippen molar-refractivity contribution < 1.29 is 14.3 Å². The van der Waals surface area contributed by atoms with Gasteiger partial charge in [-0.2, -0.15) is 0 Å². The molecule has 5 rings (SSSR count). The molecule has 0 aliphatic carbocycles. The third kappa shape index (κ3) is 2.57. The molecule has 1 aliphatic heterocycles. The van der Waals surface area contributed by atoms with Crippen LogP contribution in [-0.4, -0.2) is 27.3 Å². The number of carbonyl (C=O) groups is 2. The maximum absolute atomic E-state index is 12.8. The summed E-state index contributed by atoms with van der Waals surface area (Å²) in [4.78, 5) is 38.9. The second kappa shape index (κ2) is 6.39. The van der Waals surface area contributed by atoms with Crippen molar-refractivity contribution in [3.63, 3.8) is 0 Å².